The van der Waals surface area contributed by atoms with Crippen LogP contribution in [0.1, 0.15) is 63.1 Å². The summed E-state index contributed by atoms with van der Waals surface area (Å²) in [6, 6.07) is 5.15. The molecule has 0 bridgehead atoms. The monoisotopic (exact) mass is 287 g/mol. The van der Waals surface area contributed by atoms with Gasteiger partial charge in [-0.05, 0) is 55.7 Å². The molecule has 21 heavy (non-hydrogen) atoms. The molecule has 0 spiro atoms. The maximum Gasteiger partial charge on any atom is 0.129 e. The SMILES string of the molecule is CCCc1cc(CN)cc(N2CCCC3CCCCC32)n1. The maximum atomic E-state index is 5.90. The van der Waals surface area contributed by atoms with E-state index < -0.39 is 0 Å². The second-order valence-corrected chi connectivity index (χ2v) is 6.73. The number of fused-ring (bicyclic) bond motifs is 1. The van der Waals surface area contributed by atoms with Gasteiger partial charge < -0.3 is 10.6 Å². The lowest BCUT2D eigenvalue weighted by Crippen LogP contribution is -2.47. The summed E-state index contributed by atoms with van der Waals surface area (Å²) < 4.78 is 0. The smallest absolute Gasteiger partial charge is 0.129 e. The predicted molar refractivity (Wildman–Crippen MR) is 88.4 cm³/mol. The molecule has 0 radical (unpaired) electrons. The third-order valence-corrected chi connectivity index (χ3v) is 5.20. The standard InChI is InChI=1S/C18H29N3/c1-2-6-16-11-14(13-19)12-18(20-16)21-10-5-8-15-7-3-4-9-17(15)21/h11-12,15,17H,2-10,13,19H2,1H3. The Morgan fingerprint density at radius 3 is 2.81 bits per heavy atom. The molecule has 3 heteroatoms. The van der Waals surface area contributed by atoms with E-state index in [9.17, 15) is 0 Å². The molecule has 1 saturated heterocycles. The number of hydrogen-bond donors (Lipinski definition) is 1. The number of hydrogen-bond acceptors (Lipinski definition) is 3. The van der Waals surface area contributed by atoms with Gasteiger partial charge in [-0.25, -0.2) is 4.98 Å². The number of nitrogens with zero attached hydrogens (tertiary/aromatic N) is 2. The Labute approximate surface area is 128 Å². The van der Waals surface area contributed by atoms with Gasteiger partial charge in [-0.2, -0.15) is 0 Å². The third kappa shape index (κ3) is 3.23. The van der Waals surface area contributed by atoms with Gasteiger partial charge >= 0.3 is 0 Å². The summed E-state index contributed by atoms with van der Waals surface area (Å²) in [4.78, 5) is 7.56. The Kier molecular flexibility index (Phi) is 4.79. The number of anilines is 1. The third-order valence-electron chi connectivity index (χ3n) is 5.20. The lowest BCUT2D eigenvalue weighted by atomic mass is 9.78. The van der Waals surface area contributed by atoms with Crippen LogP contribution in [0.3, 0.4) is 0 Å². The summed E-state index contributed by atoms with van der Waals surface area (Å²) in [5.74, 6) is 2.09. The van der Waals surface area contributed by atoms with Crippen molar-refractivity contribution in [2.24, 2.45) is 11.7 Å². The van der Waals surface area contributed by atoms with Crippen LogP contribution in [0, 0.1) is 5.92 Å². The molecule has 1 aliphatic carbocycles. The normalized spacial score (nSPS) is 25.7. The van der Waals surface area contributed by atoms with Crippen molar-refractivity contribution in [3.05, 3.63) is 23.4 Å². The highest BCUT2D eigenvalue weighted by Crippen LogP contribution is 2.37. The molecular weight excluding hydrogens is 258 g/mol. The molecule has 2 atom stereocenters. The first-order chi connectivity index (χ1) is 10.3. The summed E-state index contributed by atoms with van der Waals surface area (Å²) >= 11 is 0. The average Bonchev–Trinajstić information content (AvgIpc) is 2.54. The molecule has 116 valence electrons. The minimum atomic E-state index is 0.619. The number of piperidine rings is 1. The molecule has 1 saturated carbocycles. The molecule has 3 rings (SSSR count). The van der Waals surface area contributed by atoms with Gasteiger partial charge in [0.2, 0.25) is 0 Å². The Morgan fingerprint density at radius 2 is 2.00 bits per heavy atom. The van der Waals surface area contributed by atoms with Gasteiger partial charge in [0, 0.05) is 24.8 Å². The van der Waals surface area contributed by atoms with E-state index in [0.717, 1.165) is 24.8 Å². The summed E-state index contributed by atoms with van der Waals surface area (Å²) in [6.07, 6.45) is 10.5. The van der Waals surface area contributed by atoms with E-state index in [1.165, 1.54) is 62.1 Å². The fraction of sp³-hybridized carbons (Fsp3) is 0.722. The predicted octanol–water partition coefficient (Wildman–Crippen LogP) is 3.65. The van der Waals surface area contributed by atoms with Crippen molar-refractivity contribution in [3.8, 4) is 0 Å². The largest absolute Gasteiger partial charge is 0.353 e. The van der Waals surface area contributed by atoms with Crippen LogP contribution in [0.15, 0.2) is 12.1 Å². The van der Waals surface area contributed by atoms with Crippen molar-refractivity contribution in [1.29, 1.82) is 0 Å². The number of rotatable bonds is 4. The maximum absolute atomic E-state index is 5.90. The van der Waals surface area contributed by atoms with Crippen molar-refractivity contribution < 1.29 is 0 Å². The van der Waals surface area contributed by atoms with Crippen LogP contribution < -0.4 is 10.6 Å². The van der Waals surface area contributed by atoms with Crippen LogP contribution in [-0.4, -0.2) is 17.6 Å². The molecule has 2 fully saturated rings. The lowest BCUT2D eigenvalue weighted by Gasteiger charge is -2.45. The first kappa shape index (κ1) is 14.8. The van der Waals surface area contributed by atoms with E-state index in [2.05, 4.69) is 24.0 Å². The van der Waals surface area contributed by atoms with Crippen molar-refractivity contribution >= 4 is 5.82 Å². The molecule has 0 aromatic carbocycles. The Hall–Kier alpha value is -1.09. The van der Waals surface area contributed by atoms with Crippen LogP contribution in [0.4, 0.5) is 5.82 Å². The molecule has 2 N–H and O–H groups in total. The molecule has 1 aromatic rings. The van der Waals surface area contributed by atoms with Crippen molar-refractivity contribution in [2.75, 3.05) is 11.4 Å². The van der Waals surface area contributed by atoms with Crippen LogP contribution >= 0.6 is 0 Å². The first-order valence-corrected chi connectivity index (χ1v) is 8.78. The summed E-state index contributed by atoms with van der Waals surface area (Å²) in [6.45, 7) is 4.01. The highest BCUT2D eigenvalue weighted by Gasteiger charge is 2.33. The Balaban J connectivity index is 1.88. The van der Waals surface area contributed by atoms with E-state index in [1.807, 2.05) is 0 Å². The molecule has 2 aliphatic rings. The summed E-state index contributed by atoms with van der Waals surface area (Å²) in [5.41, 5.74) is 8.35. The number of aryl methyl sites for hydroxylation is 1. The molecule has 1 aliphatic heterocycles. The van der Waals surface area contributed by atoms with Gasteiger partial charge in [-0.3, -0.25) is 0 Å². The van der Waals surface area contributed by atoms with E-state index in [4.69, 9.17) is 10.7 Å². The van der Waals surface area contributed by atoms with E-state index in [1.54, 1.807) is 0 Å². The Bertz CT molecular complexity index is 470. The van der Waals surface area contributed by atoms with E-state index in [0.29, 0.717) is 6.54 Å². The second kappa shape index (κ2) is 6.78. The number of pyridine rings is 1. The molecule has 2 heterocycles. The summed E-state index contributed by atoms with van der Waals surface area (Å²) in [7, 11) is 0. The fourth-order valence-corrected chi connectivity index (χ4v) is 4.19. The van der Waals surface area contributed by atoms with Crippen LogP contribution in [0.2, 0.25) is 0 Å². The van der Waals surface area contributed by atoms with Gasteiger partial charge in [-0.15, -0.1) is 0 Å². The lowest BCUT2D eigenvalue weighted by molar-refractivity contribution is 0.242. The Morgan fingerprint density at radius 1 is 1.19 bits per heavy atom. The highest BCUT2D eigenvalue weighted by molar-refractivity contribution is 5.45. The molecular formula is C18H29N3. The van der Waals surface area contributed by atoms with E-state index in [-0.39, 0.29) is 0 Å². The molecule has 3 nitrogen and oxygen atoms in total. The first-order valence-electron chi connectivity index (χ1n) is 8.78. The van der Waals surface area contributed by atoms with Crippen LogP contribution in [0.5, 0.6) is 0 Å². The zero-order valence-electron chi connectivity index (χ0n) is 13.4. The van der Waals surface area contributed by atoms with Crippen molar-refractivity contribution in [1.82, 2.24) is 4.98 Å². The minimum Gasteiger partial charge on any atom is -0.353 e. The summed E-state index contributed by atoms with van der Waals surface area (Å²) in [5, 5.41) is 0. The average molecular weight is 287 g/mol. The zero-order chi connectivity index (χ0) is 14.7. The van der Waals surface area contributed by atoms with E-state index >= 15 is 0 Å². The minimum absolute atomic E-state index is 0.619. The zero-order valence-corrected chi connectivity index (χ0v) is 13.4. The second-order valence-electron chi connectivity index (χ2n) is 6.73. The quantitative estimate of drug-likeness (QED) is 0.919. The molecule has 2 unspecified atom stereocenters. The molecule has 1 aromatic heterocycles. The van der Waals surface area contributed by atoms with Crippen LogP contribution in [0.25, 0.3) is 0 Å². The van der Waals surface area contributed by atoms with Crippen LogP contribution in [-0.2, 0) is 13.0 Å². The number of aromatic nitrogens is 1. The van der Waals surface area contributed by atoms with Crippen molar-refractivity contribution in [3.63, 3.8) is 0 Å². The van der Waals surface area contributed by atoms with Gasteiger partial charge in [0.25, 0.3) is 0 Å². The van der Waals surface area contributed by atoms with Gasteiger partial charge in [-0.1, -0.05) is 26.2 Å². The topological polar surface area (TPSA) is 42.1 Å². The van der Waals surface area contributed by atoms with Gasteiger partial charge in [0.05, 0.1) is 0 Å². The van der Waals surface area contributed by atoms with Gasteiger partial charge in [0.1, 0.15) is 5.82 Å². The molecule has 0 amide bonds. The fourth-order valence-electron chi connectivity index (χ4n) is 4.19. The van der Waals surface area contributed by atoms with Gasteiger partial charge in [0.15, 0.2) is 0 Å². The van der Waals surface area contributed by atoms with Crippen molar-refractivity contribution in [2.45, 2.75) is 70.9 Å². The highest BCUT2D eigenvalue weighted by atomic mass is 15.2. The number of nitrogens with two attached hydrogens (primary N) is 1.